The number of amides is 1. The zero-order valence-electron chi connectivity index (χ0n) is 21.9. The molecule has 0 radical (unpaired) electrons. The lowest BCUT2D eigenvalue weighted by Gasteiger charge is -2.29. The molecule has 2 heterocycles. The van der Waals surface area contributed by atoms with Crippen molar-refractivity contribution in [1.29, 1.82) is 0 Å². The molecular formula is C29H29N5O4. The number of benzene rings is 3. The molecule has 194 valence electrons. The van der Waals surface area contributed by atoms with Crippen molar-refractivity contribution in [2.45, 2.75) is 19.9 Å². The Morgan fingerprint density at radius 3 is 2.26 bits per heavy atom. The van der Waals surface area contributed by atoms with Crippen LogP contribution in [0.4, 0.5) is 11.6 Å². The van der Waals surface area contributed by atoms with Gasteiger partial charge in [0.05, 0.1) is 26.9 Å². The van der Waals surface area contributed by atoms with Crippen molar-refractivity contribution in [3.05, 3.63) is 89.1 Å². The number of carbonyl (C=O) groups excluding carboxylic acids is 1. The Hall–Kier alpha value is -4.79. The predicted octanol–water partition coefficient (Wildman–Crippen LogP) is 5.21. The summed E-state index contributed by atoms with van der Waals surface area (Å²) in [4.78, 5) is 18.5. The second kappa shape index (κ2) is 10.3. The van der Waals surface area contributed by atoms with Crippen LogP contribution in [0.5, 0.6) is 17.2 Å². The zero-order valence-corrected chi connectivity index (χ0v) is 21.9. The van der Waals surface area contributed by atoms with E-state index >= 15 is 0 Å². The van der Waals surface area contributed by atoms with Crippen LogP contribution in [0.2, 0.25) is 0 Å². The number of carbonyl (C=O) groups is 1. The van der Waals surface area contributed by atoms with Gasteiger partial charge in [-0.1, -0.05) is 42.0 Å². The van der Waals surface area contributed by atoms with Crippen LogP contribution in [0.15, 0.2) is 78.0 Å². The molecule has 1 atom stereocenters. The van der Waals surface area contributed by atoms with E-state index in [-0.39, 0.29) is 5.91 Å². The maximum absolute atomic E-state index is 13.8. The monoisotopic (exact) mass is 511 g/mol. The number of allylic oxidation sites excluding steroid dienone is 1. The van der Waals surface area contributed by atoms with Crippen LogP contribution in [0, 0.1) is 6.92 Å². The van der Waals surface area contributed by atoms with Gasteiger partial charge in [-0.25, -0.2) is 4.68 Å². The fourth-order valence-corrected chi connectivity index (χ4v) is 4.64. The summed E-state index contributed by atoms with van der Waals surface area (Å²) >= 11 is 0. The second-order valence-electron chi connectivity index (χ2n) is 8.92. The summed E-state index contributed by atoms with van der Waals surface area (Å²) in [5, 5.41) is 11.2. The third kappa shape index (κ3) is 4.54. The van der Waals surface area contributed by atoms with Gasteiger partial charge in [0.2, 0.25) is 11.7 Å². The van der Waals surface area contributed by atoms with E-state index in [2.05, 4.69) is 10.6 Å². The molecule has 1 aromatic heterocycles. The van der Waals surface area contributed by atoms with E-state index in [0.717, 1.165) is 16.7 Å². The molecule has 1 aliphatic heterocycles. The van der Waals surface area contributed by atoms with E-state index in [1.807, 2.05) is 80.6 Å². The minimum atomic E-state index is -0.630. The number of fused-ring (bicyclic) bond motifs is 1. The first-order valence-corrected chi connectivity index (χ1v) is 12.1. The van der Waals surface area contributed by atoms with Gasteiger partial charge in [0, 0.05) is 16.9 Å². The fourth-order valence-electron chi connectivity index (χ4n) is 4.64. The second-order valence-corrected chi connectivity index (χ2v) is 8.92. The Morgan fingerprint density at radius 2 is 1.63 bits per heavy atom. The van der Waals surface area contributed by atoms with Crippen LogP contribution in [0.25, 0.3) is 11.4 Å². The molecule has 0 aliphatic carbocycles. The topological polar surface area (TPSA) is 99.5 Å². The molecule has 0 saturated heterocycles. The van der Waals surface area contributed by atoms with E-state index < -0.39 is 6.04 Å². The van der Waals surface area contributed by atoms with Crippen LogP contribution >= 0.6 is 0 Å². The van der Waals surface area contributed by atoms with Crippen LogP contribution < -0.4 is 24.8 Å². The Labute approximate surface area is 221 Å². The maximum Gasteiger partial charge on any atom is 0.255 e. The number of hydrogen-bond acceptors (Lipinski definition) is 7. The fraction of sp³-hybridized carbons (Fsp3) is 0.207. The van der Waals surface area contributed by atoms with Gasteiger partial charge in [0.25, 0.3) is 5.91 Å². The third-order valence-electron chi connectivity index (χ3n) is 6.41. The van der Waals surface area contributed by atoms with Gasteiger partial charge in [0.15, 0.2) is 17.3 Å². The summed E-state index contributed by atoms with van der Waals surface area (Å²) in [5.41, 5.74) is 4.53. The Balaban J connectivity index is 1.68. The number of para-hydroxylation sites is 1. The number of aromatic nitrogens is 3. The summed E-state index contributed by atoms with van der Waals surface area (Å²) < 4.78 is 18.5. The summed E-state index contributed by atoms with van der Waals surface area (Å²) in [6.45, 7) is 3.88. The maximum atomic E-state index is 13.8. The van der Waals surface area contributed by atoms with Gasteiger partial charge in [-0.2, -0.15) is 4.98 Å². The highest BCUT2D eigenvalue weighted by Crippen LogP contribution is 2.44. The minimum Gasteiger partial charge on any atom is -0.493 e. The summed E-state index contributed by atoms with van der Waals surface area (Å²) in [6, 6.07) is 20.3. The normalized spacial score (nSPS) is 14.4. The minimum absolute atomic E-state index is 0.266. The molecule has 0 bridgehead atoms. The highest BCUT2D eigenvalue weighted by molar-refractivity contribution is 6.06. The smallest absolute Gasteiger partial charge is 0.255 e. The first-order valence-electron chi connectivity index (χ1n) is 12.1. The van der Waals surface area contributed by atoms with Crippen molar-refractivity contribution in [3.63, 3.8) is 0 Å². The first kappa shape index (κ1) is 24.9. The van der Waals surface area contributed by atoms with E-state index in [9.17, 15) is 4.79 Å². The van der Waals surface area contributed by atoms with Crippen LogP contribution in [-0.4, -0.2) is 42.0 Å². The van der Waals surface area contributed by atoms with E-state index in [0.29, 0.717) is 46.0 Å². The summed E-state index contributed by atoms with van der Waals surface area (Å²) in [5.74, 6) is 2.21. The molecule has 0 saturated carbocycles. The third-order valence-corrected chi connectivity index (χ3v) is 6.41. The van der Waals surface area contributed by atoms with Crippen molar-refractivity contribution in [2.24, 2.45) is 0 Å². The Bertz CT molecular complexity index is 1500. The number of nitrogens with zero attached hydrogens (tertiary/aromatic N) is 3. The number of methoxy groups -OCH3 is 3. The molecule has 1 aliphatic rings. The van der Waals surface area contributed by atoms with Gasteiger partial charge in [-0.05, 0) is 49.7 Å². The first-order chi connectivity index (χ1) is 18.4. The van der Waals surface area contributed by atoms with Gasteiger partial charge in [-0.3, -0.25) is 4.79 Å². The quantitative estimate of drug-likeness (QED) is 0.352. The van der Waals surface area contributed by atoms with E-state index in [1.54, 1.807) is 26.0 Å². The lowest BCUT2D eigenvalue weighted by Crippen LogP contribution is -2.31. The van der Waals surface area contributed by atoms with Crippen molar-refractivity contribution in [3.8, 4) is 28.6 Å². The lowest BCUT2D eigenvalue weighted by molar-refractivity contribution is -0.113. The number of hydrogen-bond donors (Lipinski definition) is 2. The van der Waals surface area contributed by atoms with E-state index in [4.69, 9.17) is 24.3 Å². The average molecular weight is 512 g/mol. The average Bonchev–Trinajstić information content (AvgIpc) is 3.35. The van der Waals surface area contributed by atoms with Crippen LogP contribution in [0.1, 0.15) is 24.1 Å². The molecule has 3 aromatic carbocycles. The number of nitrogens with one attached hydrogen (secondary N) is 2. The molecule has 0 fully saturated rings. The van der Waals surface area contributed by atoms with E-state index in [1.165, 1.54) is 0 Å². The molecular weight excluding hydrogens is 482 g/mol. The molecule has 9 heteroatoms. The molecule has 0 spiro atoms. The van der Waals surface area contributed by atoms with Crippen molar-refractivity contribution in [1.82, 2.24) is 14.8 Å². The number of ether oxygens (including phenoxy) is 3. The van der Waals surface area contributed by atoms with Crippen molar-refractivity contribution in [2.75, 3.05) is 32.0 Å². The van der Waals surface area contributed by atoms with Crippen molar-refractivity contribution < 1.29 is 19.0 Å². The van der Waals surface area contributed by atoms with Gasteiger partial charge in [-0.15, -0.1) is 5.10 Å². The standard InChI is InChI=1S/C29H29N5O4/c1-17-10-9-11-19(14-17)27-32-29-30-18(2)24(28(35)31-21-12-7-6-8-13-21)25(34(29)33-27)20-15-22(36-3)26(38-5)23(16-20)37-4/h6-16,25H,1-5H3,(H,31,35)(H,30,32,33). The molecule has 2 N–H and O–H groups in total. The molecule has 1 unspecified atom stereocenters. The molecule has 9 nitrogen and oxygen atoms in total. The van der Waals surface area contributed by atoms with Crippen LogP contribution in [0.3, 0.4) is 0 Å². The Morgan fingerprint density at radius 1 is 0.921 bits per heavy atom. The number of anilines is 2. The largest absolute Gasteiger partial charge is 0.493 e. The molecule has 38 heavy (non-hydrogen) atoms. The van der Waals surface area contributed by atoms with Crippen LogP contribution in [-0.2, 0) is 4.79 Å². The summed E-state index contributed by atoms with van der Waals surface area (Å²) in [7, 11) is 4.67. The highest BCUT2D eigenvalue weighted by Gasteiger charge is 2.36. The number of aryl methyl sites for hydroxylation is 1. The summed E-state index contributed by atoms with van der Waals surface area (Å²) in [6.07, 6.45) is 0. The van der Waals surface area contributed by atoms with Gasteiger partial charge < -0.3 is 24.8 Å². The molecule has 1 amide bonds. The Kier molecular flexibility index (Phi) is 6.74. The van der Waals surface area contributed by atoms with Gasteiger partial charge in [0.1, 0.15) is 6.04 Å². The SMILES string of the molecule is COc1cc(C2C(C(=O)Nc3ccccc3)=C(C)Nc3nc(-c4cccc(C)c4)nn32)cc(OC)c1OC. The number of rotatable bonds is 7. The zero-order chi connectivity index (χ0) is 26.8. The lowest BCUT2D eigenvalue weighted by atomic mass is 9.94. The predicted molar refractivity (Wildman–Crippen MR) is 146 cm³/mol. The molecule has 5 rings (SSSR count). The highest BCUT2D eigenvalue weighted by atomic mass is 16.5. The van der Waals surface area contributed by atoms with Gasteiger partial charge >= 0.3 is 0 Å². The van der Waals surface area contributed by atoms with Crippen molar-refractivity contribution >= 4 is 17.5 Å². The molecule has 4 aromatic rings.